The van der Waals surface area contributed by atoms with E-state index >= 15 is 0 Å². The Bertz CT molecular complexity index is 1690. The number of carbonyl (C=O) groups excluding carboxylic acids is 2. The van der Waals surface area contributed by atoms with Crippen molar-refractivity contribution in [3.05, 3.63) is 54.1 Å². The summed E-state index contributed by atoms with van der Waals surface area (Å²) < 4.78 is 13.2. The van der Waals surface area contributed by atoms with Crippen LogP contribution in [0, 0.1) is 18.3 Å². The van der Waals surface area contributed by atoms with E-state index < -0.39 is 6.10 Å². The molecule has 4 saturated carbocycles. The molecule has 8 rings (SSSR count). The van der Waals surface area contributed by atoms with E-state index in [0.29, 0.717) is 51.1 Å². The van der Waals surface area contributed by atoms with Crippen LogP contribution >= 0.6 is 0 Å². The fourth-order valence-corrected chi connectivity index (χ4v) is 8.69. The Hall–Kier alpha value is -3.99. The lowest BCUT2D eigenvalue weighted by atomic mass is 9.51. The molecule has 0 atom stereocenters. The summed E-state index contributed by atoms with van der Waals surface area (Å²) in [4.78, 5) is 39.9. The van der Waals surface area contributed by atoms with Gasteiger partial charge in [0.05, 0.1) is 43.7 Å². The fraction of sp³-hybridized carbons (Fsp3) is 0.615. The van der Waals surface area contributed by atoms with Gasteiger partial charge in [0, 0.05) is 30.3 Å². The van der Waals surface area contributed by atoms with Gasteiger partial charge in [0.2, 0.25) is 5.91 Å². The van der Waals surface area contributed by atoms with Crippen molar-refractivity contribution in [1.29, 1.82) is 0 Å². The number of aliphatic hydroxyl groups excluding tert-OH is 1. The van der Waals surface area contributed by atoms with E-state index in [1.54, 1.807) is 13.4 Å². The molecular weight excluding hydrogens is 632 g/mol. The van der Waals surface area contributed by atoms with Gasteiger partial charge in [-0.25, -0.2) is 14.8 Å². The lowest BCUT2D eigenvalue weighted by molar-refractivity contribution is -0.124. The summed E-state index contributed by atoms with van der Waals surface area (Å²) in [5.41, 5.74) is 4.25. The first kappa shape index (κ1) is 34.5. The first-order valence-electron chi connectivity index (χ1n) is 18.3. The summed E-state index contributed by atoms with van der Waals surface area (Å²) in [5, 5.41) is 14.2. The van der Waals surface area contributed by atoms with Crippen molar-refractivity contribution in [1.82, 2.24) is 24.6 Å². The Labute approximate surface area is 295 Å². The minimum absolute atomic E-state index is 0.0235. The van der Waals surface area contributed by atoms with Gasteiger partial charge in [0.15, 0.2) is 0 Å². The molecule has 3 aromatic rings. The molecule has 5 fully saturated rings. The zero-order chi connectivity index (χ0) is 35.3. The molecule has 4 aliphatic carbocycles. The average molecular weight is 685 g/mol. The molecule has 50 heavy (non-hydrogen) atoms. The third kappa shape index (κ3) is 6.73. The number of rotatable bonds is 8. The Kier molecular flexibility index (Phi) is 9.16. The minimum Gasteiger partial charge on any atom is -0.496 e. The zero-order valence-electron chi connectivity index (χ0n) is 30.2. The second kappa shape index (κ2) is 13.3. The molecule has 2 bridgehead atoms. The second-order valence-electron chi connectivity index (χ2n) is 16.4. The van der Waals surface area contributed by atoms with Crippen LogP contribution in [0.4, 0.5) is 10.6 Å². The molecule has 0 spiro atoms. The second-order valence-corrected chi connectivity index (χ2v) is 16.4. The SMILES string of the molecule is COc1ccc(C23CCC(CN(C(=O)C4CCC(OC(=O)N5CC(O)C5)CC4)c4cc(-c5cnn(C(C)(C)C)c5)ncn4)(CC2)CC3)cc1C. The van der Waals surface area contributed by atoms with Crippen LogP contribution in [-0.4, -0.2) is 80.7 Å². The van der Waals surface area contributed by atoms with Crippen molar-refractivity contribution in [3.63, 3.8) is 0 Å². The van der Waals surface area contributed by atoms with Crippen LogP contribution < -0.4 is 9.64 Å². The quantitative estimate of drug-likeness (QED) is 0.289. The first-order chi connectivity index (χ1) is 23.9. The molecule has 2 aromatic heterocycles. The van der Waals surface area contributed by atoms with E-state index in [0.717, 1.165) is 55.5 Å². The number of aryl methyl sites for hydroxylation is 1. The Balaban J connectivity index is 1.10. The van der Waals surface area contributed by atoms with Crippen LogP contribution in [0.5, 0.6) is 5.75 Å². The standard InChI is InChI=1S/C39H52N6O5/c1-26-18-29(8-11-33(26)49-5)39-15-12-38(13-16-39,14-17-39)24-44(34-19-32(40-25-41-34)28-20-42-45(21-28)37(2,3)4)35(47)27-6-9-31(10-7-27)50-36(48)43-22-30(46)23-43/h8,11,18-21,25,27,30-31,46H,6-7,9-10,12-17,22-24H2,1-5H3. The van der Waals surface area contributed by atoms with Crippen LogP contribution in [0.15, 0.2) is 43.0 Å². The maximum Gasteiger partial charge on any atom is 0.410 e. The number of aliphatic hydroxyl groups is 1. The highest BCUT2D eigenvalue weighted by Gasteiger charge is 2.51. The summed E-state index contributed by atoms with van der Waals surface area (Å²) >= 11 is 0. The van der Waals surface area contributed by atoms with Crippen LogP contribution in [0.2, 0.25) is 0 Å². The number of ether oxygens (including phenoxy) is 2. The highest BCUT2D eigenvalue weighted by Crippen LogP contribution is 2.58. The number of benzene rings is 1. The molecule has 11 nitrogen and oxygen atoms in total. The highest BCUT2D eigenvalue weighted by molar-refractivity contribution is 5.94. The summed E-state index contributed by atoms with van der Waals surface area (Å²) in [6.45, 7) is 9.73. The number of fused-ring (bicyclic) bond motifs is 3. The molecule has 1 aromatic carbocycles. The van der Waals surface area contributed by atoms with E-state index in [4.69, 9.17) is 14.5 Å². The number of aromatic nitrogens is 4. The van der Waals surface area contributed by atoms with Gasteiger partial charge in [0.25, 0.3) is 0 Å². The number of methoxy groups -OCH3 is 1. The molecule has 0 unspecified atom stereocenters. The van der Waals surface area contributed by atoms with Crippen LogP contribution in [-0.2, 0) is 20.5 Å². The van der Waals surface area contributed by atoms with E-state index in [1.165, 1.54) is 16.0 Å². The number of nitrogens with zero attached hydrogens (tertiary/aromatic N) is 6. The number of β-amino-alcohol motifs (C(OH)–C–C–N with tert-alkyl or cyclic N) is 1. The summed E-state index contributed by atoms with van der Waals surface area (Å²) in [6.07, 6.45) is 13.4. The van der Waals surface area contributed by atoms with Gasteiger partial charge in [0.1, 0.15) is 24.0 Å². The molecule has 0 radical (unpaired) electrons. The maximum atomic E-state index is 14.6. The smallest absolute Gasteiger partial charge is 0.410 e. The number of carbonyl (C=O) groups is 2. The number of hydrogen-bond acceptors (Lipinski definition) is 8. The van der Waals surface area contributed by atoms with Crippen LogP contribution in [0.1, 0.15) is 96.1 Å². The van der Waals surface area contributed by atoms with Crippen LogP contribution in [0.3, 0.4) is 0 Å². The predicted octanol–water partition coefficient (Wildman–Crippen LogP) is 6.41. The molecule has 1 saturated heterocycles. The summed E-state index contributed by atoms with van der Waals surface area (Å²) in [5.74, 6) is 1.48. The molecule has 5 aliphatic rings. The van der Waals surface area contributed by atoms with E-state index in [-0.39, 0.29) is 40.4 Å². The van der Waals surface area contributed by atoms with Crippen molar-refractivity contribution in [2.24, 2.45) is 11.3 Å². The molecular formula is C39H52N6O5. The van der Waals surface area contributed by atoms with E-state index in [1.807, 2.05) is 28.0 Å². The molecule has 3 heterocycles. The van der Waals surface area contributed by atoms with Crippen molar-refractivity contribution in [3.8, 4) is 17.0 Å². The monoisotopic (exact) mass is 684 g/mol. The number of amides is 2. The van der Waals surface area contributed by atoms with Crippen LogP contribution in [0.25, 0.3) is 11.3 Å². The minimum atomic E-state index is -0.463. The van der Waals surface area contributed by atoms with Gasteiger partial charge >= 0.3 is 6.09 Å². The van der Waals surface area contributed by atoms with Gasteiger partial charge in [-0.05, 0) is 120 Å². The van der Waals surface area contributed by atoms with Crippen molar-refractivity contribution in [2.45, 2.75) is 115 Å². The van der Waals surface area contributed by atoms with Gasteiger partial charge in [-0.1, -0.05) is 12.1 Å². The van der Waals surface area contributed by atoms with Crippen molar-refractivity contribution in [2.75, 3.05) is 31.6 Å². The Morgan fingerprint density at radius 2 is 1.70 bits per heavy atom. The van der Waals surface area contributed by atoms with Gasteiger partial charge in [-0.15, -0.1) is 0 Å². The molecule has 268 valence electrons. The molecule has 2 amide bonds. The summed E-state index contributed by atoms with van der Waals surface area (Å²) in [7, 11) is 1.73. The van der Waals surface area contributed by atoms with Crippen molar-refractivity contribution >= 4 is 17.8 Å². The zero-order valence-corrected chi connectivity index (χ0v) is 30.2. The third-order valence-electron chi connectivity index (χ3n) is 12.1. The maximum absolute atomic E-state index is 14.6. The van der Waals surface area contributed by atoms with E-state index in [9.17, 15) is 14.7 Å². The van der Waals surface area contributed by atoms with Gasteiger partial charge < -0.3 is 19.5 Å². The van der Waals surface area contributed by atoms with E-state index in [2.05, 4.69) is 56.0 Å². The molecule has 1 aliphatic heterocycles. The Morgan fingerprint density at radius 1 is 1.00 bits per heavy atom. The van der Waals surface area contributed by atoms with Gasteiger partial charge in [-0.3, -0.25) is 14.4 Å². The Morgan fingerprint density at radius 3 is 2.30 bits per heavy atom. The number of likely N-dealkylation sites (tertiary alicyclic amines) is 1. The molecule has 1 N–H and O–H groups in total. The third-order valence-corrected chi connectivity index (χ3v) is 12.1. The molecule has 11 heteroatoms. The average Bonchev–Trinajstić information content (AvgIpc) is 3.62. The van der Waals surface area contributed by atoms with Gasteiger partial charge in [-0.2, -0.15) is 5.10 Å². The number of anilines is 1. The predicted molar refractivity (Wildman–Crippen MR) is 190 cm³/mol. The van der Waals surface area contributed by atoms with Crippen molar-refractivity contribution < 1.29 is 24.2 Å². The normalized spacial score (nSPS) is 26.7. The summed E-state index contributed by atoms with van der Waals surface area (Å²) in [6, 6.07) is 8.63. The lowest BCUT2D eigenvalue weighted by Crippen LogP contribution is -2.54. The largest absolute Gasteiger partial charge is 0.496 e. The highest BCUT2D eigenvalue weighted by atomic mass is 16.6. The topological polar surface area (TPSA) is 123 Å². The first-order valence-corrected chi connectivity index (χ1v) is 18.3. The number of hydrogen-bond donors (Lipinski definition) is 1. The lowest BCUT2D eigenvalue weighted by Gasteiger charge is -2.55. The fourth-order valence-electron chi connectivity index (χ4n) is 8.69.